The van der Waals surface area contributed by atoms with Crippen molar-refractivity contribution in [3.63, 3.8) is 0 Å². The average Bonchev–Trinajstić information content (AvgIpc) is 2.38. The molecule has 5 nitrogen and oxygen atoms in total. The number of carboxylic acids is 2. The summed E-state index contributed by atoms with van der Waals surface area (Å²) in [5.41, 5.74) is 0. The molecule has 0 saturated heterocycles. The fourth-order valence-electron chi connectivity index (χ4n) is 1.75. The molecule has 128 valence electrons. The van der Waals surface area contributed by atoms with E-state index in [1.54, 1.807) is 0 Å². The second-order valence-corrected chi connectivity index (χ2v) is 5.07. The van der Waals surface area contributed by atoms with Crippen molar-refractivity contribution in [2.75, 3.05) is 0 Å². The molecular weight excluding hydrogens is 312 g/mol. The van der Waals surface area contributed by atoms with Gasteiger partial charge in [0.05, 0.1) is 0 Å². The molecule has 0 heterocycles. The third-order valence-electron chi connectivity index (χ3n) is 2.97. The average molecular weight is 345 g/mol. The zero-order valence-corrected chi connectivity index (χ0v) is 16.5. The van der Waals surface area contributed by atoms with Crippen molar-refractivity contribution in [1.29, 1.82) is 0 Å². The first-order chi connectivity index (χ1) is 9.54. The number of aliphatic carboxylic acids is 2. The third-order valence-corrected chi connectivity index (χ3v) is 2.97. The van der Waals surface area contributed by atoms with Crippen molar-refractivity contribution in [2.45, 2.75) is 90.9 Å². The first kappa shape index (κ1) is 30.1. The maximum Gasteiger partial charge on any atom is 2.00 e. The van der Waals surface area contributed by atoms with Gasteiger partial charge in [-0.05, 0) is 25.7 Å². The van der Waals surface area contributed by atoms with E-state index in [0.717, 1.165) is 38.5 Å². The minimum Gasteiger partial charge on any atom is -0.550 e. The van der Waals surface area contributed by atoms with Crippen LogP contribution in [0.15, 0.2) is 0 Å². The van der Waals surface area contributed by atoms with Crippen LogP contribution in [-0.4, -0.2) is 55.2 Å². The Kier molecular flexibility index (Phi) is 35.7. The standard InChI is InChI=1S/2C8H16O2.Ca.H2O/c2*1-2-3-4-5-6-7-8(9)10;;/h2*2-7H2,1H3,(H,9,10);;1H2/q;;+2;/p-2. The first-order valence-electron chi connectivity index (χ1n) is 7.94. The number of hydrogen-bond donors (Lipinski definition) is 0. The summed E-state index contributed by atoms with van der Waals surface area (Å²) in [6.07, 6.45) is 11.2. The molecule has 0 atom stereocenters. The second-order valence-electron chi connectivity index (χ2n) is 5.07. The molecule has 0 radical (unpaired) electrons. The Morgan fingerprint density at radius 3 is 1.14 bits per heavy atom. The van der Waals surface area contributed by atoms with Crippen LogP contribution in [0.3, 0.4) is 0 Å². The molecule has 0 aliphatic heterocycles. The third kappa shape index (κ3) is 36.9. The molecule has 2 N–H and O–H groups in total. The maximum atomic E-state index is 9.92. The van der Waals surface area contributed by atoms with Crippen molar-refractivity contribution < 1.29 is 25.3 Å². The van der Waals surface area contributed by atoms with E-state index in [9.17, 15) is 19.8 Å². The molecule has 0 saturated carbocycles. The van der Waals surface area contributed by atoms with E-state index in [1.807, 2.05) is 0 Å². The summed E-state index contributed by atoms with van der Waals surface area (Å²) in [5.74, 6) is -1.84. The van der Waals surface area contributed by atoms with Crippen LogP contribution >= 0.6 is 0 Å². The summed E-state index contributed by atoms with van der Waals surface area (Å²) < 4.78 is 0. The van der Waals surface area contributed by atoms with Crippen LogP contribution in [-0.2, 0) is 9.59 Å². The Balaban J connectivity index is -0.000000135. The predicted octanol–water partition coefficient (Wildman–Crippen LogP) is 0.988. The molecule has 0 aromatic carbocycles. The number of rotatable bonds is 12. The molecule has 0 aliphatic rings. The predicted molar refractivity (Wildman–Crippen MR) is 86.1 cm³/mol. The van der Waals surface area contributed by atoms with Gasteiger partial charge in [-0.3, -0.25) is 0 Å². The molecule has 0 aliphatic carbocycles. The van der Waals surface area contributed by atoms with E-state index in [1.165, 1.54) is 25.7 Å². The molecule has 0 fully saturated rings. The number of carbonyl (C=O) groups excluding carboxylic acids is 2. The zero-order valence-electron chi connectivity index (χ0n) is 14.3. The van der Waals surface area contributed by atoms with Gasteiger partial charge in [0.25, 0.3) is 0 Å². The molecule has 0 rings (SSSR count). The summed E-state index contributed by atoms with van der Waals surface area (Å²) in [7, 11) is 0. The van der Waals surface area contributed by atoms with E-state index in [0.29, 0.717) is 0 Å². The van der Waals surface area contributed by atoms with Crippen LogP contribution in [0, 0.1) is 0 Å². The molecule has 0 spiro atoms. The number of hydrogen-bond acceptors (Lipinski definition) is 4. The van der Waals surface area contributed by atoms with Gasteiger partial charge in [-0.2, -0.15) is 0 Å². The fraction of sp³-hybridized carbons (Fsp3) is 0.875. The molecule has 0 aromatic rings. The fourth-order valence-corrected chi connectivity index (χ4v) is 1.75. The van der Waals surface area contributed by atoms with Gasteiger partial charge < -0.3 is 25.3 Å². The van der Waals surface area contributed by atoms with Crippen LogP contribution in [0.5, 0.6) is 0 Å². The van der Waals surface area contributed by atoms with Gasteiger partial charge in [0.2, 0.25) is 0 Å². The monoisotopic (exact) mass is 344 g/mol. The Morgan fingerprint density at radius 1 is 0.636 bits per heavy atom. The molecule has 0 amide bonds. The normalized spacial score (nSPS) is 8.82. The van der Waals surface area contributed by atoms with Crippen LogP contribution in [0.1, 0.15) is 90.9 Å². The number of unbranched alkanes of at least 4 members (excludes halogenated alkanes) is 8. The van der Waals surface area contributed by atoms with Gasteiger partial charge in [0, 0.05) is 11.9 Å². The van der Waals surface area contributed by atoms with E-state index >= 15 is 0 Å². The Hall–Kier alpha value is 0.160. The van der Waals surface area contributed by atoms with Crippen molar-refractivity contribution in [1.82, 2.24) is 0 Å². The largest absolute Gasteiger partial charge is 2.00 e. The Labute approximate surface area is 165 Å². The maximum absolute atomic E-state index is 9.92. The van der Waals surface area contributed by atoms with E-state index in [-0.39, 0.29) is 56.1 Å². The van der Waals surface area contributed by atoms with Gasteiger partial charge >= 0.3 is 37.7 Å². The van der Waals surface area contributed by atoms with Gasteiger partial charge in [-0.15, -0.1) is 0 Å². The summed E-state index contributed by atoms with van der Waals surface area (Å²) in [4.78, 5) is 19.8. The molecule has 0 unspecified atom stereocenters. The summed E-state index contributed by atoms with van der Waals surface area (Å²) in [5, 5.41) is 19.8. The zero-order chi connectivity index (χ0) is 15.6. The van der Waals surface area contributed by atoms with Crippen molar-refractivity contribution in [3.05, 3.63) is 0 Å². The number of carboxylic acid groups (broad SMARTS) is 2. The molecule has 0 aromatic heterocycles. The van der Waals surface area contributed by atoms with Gasteiger partial charge in [-0.1, -0.05) is 65.2 Å². The first-order valence-corrected chi connectivity index (χ1v) is 7.94. The minimum atomic E-state index is -0.920. The minimum absolute atomic E-state index is 0. The molecular formula is C16H32CaO5. The quantitative estimate of drug-likeness (QED) is 0.388. The van der Waals surface area contributed by atoms with Crippen LogP contribution in [0.25, 0.3) is 0 Å². The smallest absolute Gasteiger partial charge is 0.550 e. The van der Waals surface area contributed by atoms with E-state index < -0.39 is 11.9 Å². The SMILES string of the molecule is CCCCCCCC(=O)[O-].CCCCCCCC(=O)[O-].O.[Ca+2]. The Bertz CT molecular complexity index is 211. The van der Waals surface area contributed by atoms with Gasteiger partial charge in [0.1, 0.15) is 0 Å². The number of carbonyl (C=O) groups is 2. The van der Waals surface area contributed by atoms with Crippen LogP contribution in [0.4, 0.5) is 0 Å². The second kappa shape index (κ2) is 26.1. The Morgan fingerprint density at radius 2 is 0.909 bits per heavy atom. The van der Waals surface area contributed by atoms with Gasteiger partial charge in [0.15, 0.2) is 0 Å². The van der Waals surface area contributed by atoms with Crippen molar-refractivity contribution in [3.8, 4) is 0 Å². The van der Waals surface area contributed by atoms with Crippen molar-refractivity contribution >= 4 is 49.7 Å². The molecule has 22 heavy (non-hydrogen) atoms. The van der Waals surface area contributed by atoms with E-state index in [4.69, 9.17) is 0 Å². The van der Waals surface area contributed by atoms with Crippen LogP contribution in [0.2, 0.25) is 0 Å². The summed E-state index contributed by atoms with van der Waals surface area (Å²) in [6.45, 7) is 4.28. The van der Waals surface area contributed by atoms with Gasteiger partial charge in [-0.25, -0.2) is 0 Å². The topological polar surface area (TPSA) is 112 Å². The summed E-state index contributed by atoms with van der Waals surface area (Å²) in [6, 6.07) is 0. The van der Waals surface area contributed by atoms with Crippen molar-refractivity contribution in [2.24, 2.45) is 0 Å². The molecule has 0 bridgehead atoms. The van der Waals surface area contributed by atoms with E-state index in [2.05, 4.69) is 13.8 Å². The molecule has 6 heteroatoms. The summed E-state index contributed by atoms with van der Waals surface area (Å²) >= 11 is 0. The van der Waals surface area contributed by atoms with Crippen LogP contribution < -0.4 is 10.2 Å².